The van der Waals surface area contributed by atoms with E-state index in [4.69, 9.17) is 4.52 Å². The number of benzene rings is 1. The largest absolute Gasteiger partial charge is 0.355 e. The van der Waals surface area contributed by atoms with Gasteiger partial charge in [0.05, 0.1) is 5.39 Å². The van der Waals surface area contributed by atoms with E-state index in [0.717, 1.165) is 29.5 Å². The minimum absolute atomic E-state index is 0.134. The summed E-state index contributed by atoms with van der Waals surface area (Å²) in [5.41, 5.74) is 1.01. The minimum Gasteiger partial charge on any atom is -0.355 e. The van der Waals surface area contributed by atoms with E-state index in [0.29, 0.717) is 17.2 Å². The number of carbonyl (C=O) groups excluding carboxylic acids is 1. The van der Waals surface area contributed by atoms with Crippen LogP contribution in [0.4, 0.5) is 0 Å². The first-order chi connectivity index (χ1) is 10.2. The van der Waals surface area contributed by atoms with Crippen LogP contribution in [0.1, 0.15) is 23.3 Å². The Morgan fingerprint density at radius 1 is 1.38 bits per heavy atom. The van der Waals surface area contributed by atoms with Gasteiger partial charge in [-0.2, -0.15) is 0 Å². The molecule has 3 saturated heterocycles. The summed E-state index contributed by atoms with van der Waals surface area (Å²) in [4.78, 5) is 14.9. The van der Waals surface area contributed by atoms with Gasteiger partial charge in [-0.15, -0.1) is 0 Å². The molecule has 2 bridgehead atoms. The predicted octanol–water partition coefficient (Wildman–Crippen LogP) is 2.41. The molecule has 1 aromatic carbocycles. The first-order valence-corrected chi connectivity index (χ1v) is 8.08. The Labute approximate surface area is 130 Å². The van der Waals surface area contributed by atoms with Crippen LogP contribution in [0.2, 0.25) is 0 Å². The third-order valence-electron chi connectivity index (χ3n) is 4.62. The molecule has 6 heteroatoms. The van der Waals surface area contributed by atoms with E-state index < -0.39 is 0 Å². The van der Waals surface area contributed by atoms with Gasteiger partial charge in [-0.1, -0.05) is 21.1 Å². The summed E-state index contributed by atoms with van der Waals surface area (Å²) in [6.07, 6.45) is 2.35. The van der Waals surface area contributed by atoms with Crippen molar-refractivity contribution in [1.82, 2.24) is 15.4 Å². The van der Waals surface area contributed by atoms with Crippen LogP contribution in [0.25, 0.3) is 11.0 Å². The highest BCUT2D eigenvalue weighted by molar-refractivity contribution is 9.10. The summed E-state index contributed by atoms with van der Waals surface area (Å²) in [5, 5.41) is 7.84. The molecule has 1 aromatic heterocycles. The second-order valence-electron chi connectivity index (χ2n) is 5.89. The van der Waals surface area contributed by atoms with Gasteiger partial charge in [-0.25, -0.2) is 0 Å². The van der Waals surface area contributed by atoms with Crippen LogP contribution in [-0.4, -0.2) is 41.6 Å². The molecule has 3 aliphatic heterocycles. The number of fused-ring (bicyclic) bond motifs is 4. The van der Waals surface area contributed by atoms with Gasteiger partial charge in [0, 0.05) is 17.1 Å². The number of nitrogens with zero attached hydrogens (tertiary/aromatic N) is 2. The van der Waals surface area contributed by atoms with Gasteiger partial charge in [0.15, 0.2) is 11.3 Å². The Balaban J connectivity index is 1.57. The van der Waals surface area contributed by atoms with Gasteiger partial charge in [0.25, 0.3) is 5.91 Å². The molecule has 1 atom stereocenters. The highest BCUT2D eigenvalue weighted by Crippen LogP contribution is 2.28. The van der Waals surface area contributed by atoms with E-state index in [-0.39, 0.29) is 11.9 Å². The van der Waals surface area contributed by atoms with E-state index >= 15 is 0 Å². The molecule has 0 aliphatic carbocycles. The second kappa shape index (κ2) is 5.10. The van der Waals surface area contributed by atoms with Crippen molar-refractivity contribution in [2.45, 2.75) is 18.9 Å². The van der Waals surface area contributed by atoms with Crippen molar-refractivity contribution in [3.63, 3.8) is 0 Å². The summed E-state index contributed by atoms with van der Waals surface area (Å²) < 4.78 is 6.15. The first-order valence-electron chi connectivity index (χ1n) is 7.29. The third-order valence-corrected chi connectivity index (χ3v) is 5.11. The Morgan fingerprint density at radius 3 is 2.90 bits per heavy atom. The number of rotatable bonds is 2. The zero-order valence-corrected chi connectivity index (χ0v) is 13.1. The molecular weight excluding hydrogens is 334 g/mol. The normalized spacial score (nSPS) is 28.0. The average molecular weight is 350 g/mol. The van der Waals surface area contributed by atoms with E-state index in [1.165, 1.54) is 12.8 Å². The summed E-state index contributed by atoms with van der Waals surface area (Å²) in [7, 11) is 0. The number of halogens is 1. The molecule has 2 aromatic rings. The minimum atomic E-state index is -0.134. The molecule has 3 aliphatic rings. The van der Waals surface area contributed by atoms with Crippen molar-refractivity contribution in [3.8, 4) is 0 Å². The highest BCUT2D eigenvalue weighted by Gasteiger charge is 2.35. The maximum Gasteiger partial charge on any atom is 0.274 e. The van der Waals surface area contributed by atoms with E-state index in [1.54, 1.807) is 0 Å². The number of hydrogen-bond donors (Lipinski definition) is 1. The number of piperidine rings is 3. The van der Waals surface area contributed by atoms with Crippen molar-refractivity contribution >= 4 is 32.8 Å². The van der Waals surface area contributed by atoms with E-state index in [2.05, 4.69) is 31.3 Å². The Morgan fingerprint density at radius 2 is 2.19 bits per heavy atom. The van der Waals surface area contributed by atoms with Crippen molar-refractivity contribution in [1.29, 1.82) is 0 Å². The lowest BCUT2D eigenvalue weighted by atomic mass is 9.84. The van der Waals surface area contributed by atoms with Crippen LogP contribution in [-0.2, 0) is 0 Å². The second-order valence-corrected chi connectivity index (χ2v) is 6.81. The Hall–Kier alpha value is -1.40. The summed E-state index contributed by atoms with van der Waals surface area (Å²) >= 11 is 3.42. The number of amides is 1. The van der Waals surface area contributed by atoms with Gasteiger partial charge >= 0.3 is 0 Å². The average Bonchev–Trinajstić information content (AvgIpc) is 2.91. The molecule has 1 amide bonds. The van der Waals surface area contributed by atoms with Gasteiger partial charge in [-0.3, -0.25) is 4.79 Å². The molecule has 0 radical (unpaired) electrons. The van der Waals surface area contributed by atoms with Crippen LogP contribution in [0, 0.1) is 5.92 Å². The fourth-order valence-corrected chi connectivity index (χ4v) is 3.80. The van der Waals surface area contributed by atoms with E-state index in [9.17, 15) is 4.79 Å². The summed E-state index contributed by atoms with van der Waals surface area (Å²) in [6.45, 7) is 3.28. The van der Waals surface area contributed by atoms with Gasteiger partial charge in [-0.05, 0) is 50.0 Å². The summed E-state index contributed by atoms with van der Waals surface area (Å²) in [6, 6.07) is 5.80. The summed E-state index contributed by atoms with van der Waals surface area (Å²) in [5.74, 6) is 0.467. The molecular formula is C15H16BrN3O2. The maximum atomic E-state index is 12.5. The Bertz CT molecular complexity index is 691. The SMILES string of the molecule is O=C(N[C@@H]1CN2CCC1CC2)c1noc2ccc(Br)cc12. The molecule has 3 fully saturated rings. The Kier molecular flexibility index (Phi) is 3.23. The smallest absolute Gasteiger partial charge is 0.274 e. The molecule has 5 rings (SSSR count). The van der Waals surface area contributed by atoms with Crippen LogP contribution in [0.3, 0.4) is 0 Å². The molecule has 4 heterocycles. The van der Waals surface area contributed by atoms with Crippen LogP contribution >= 0.6 is 15.9 Å². The lowest BCUT2D eigenvalue weighted by molar-refractivity contribution is 0.0616. The molecule has 0 unspecified atom stereocenters. The first kappa shape index (κ1) is 13.3. The number of hydrogen-bond acceptors (Lipinski definition) is 4. The number of aromatic nitrogens is 1. The molecule has 0 spiro atoms. The highest BCUT2D eigenvalue weighted by atomic mass is 79.9. The van der Waals surface area contributed by atoms with E-state index in [1.807, 2.05) is 18.2 Å². The van der Waals surface area contributed by atoms with Crippen LogP contribution in [0.15, 0.2) is 27.2 Å². The molecule has 21 heavy (non-hydrogen) atoms. The molecule has 0 saturated carbocycles. The van der Waals surface area contributed by atoms with Crippen molar-refractivity contribution in [3.05, 3.63) is 28.4 Å². The van der Waals surface area contributed by atoms with Crippen LogP contribution in [0.5, 0.6) is 0 Å². The maximum absolute atomic E-state index is 12.5. The fourth-order valence-electron chi connectivity index (χ4n) is 3.44. The topological polar surface area (TPSA) is 58.4 Å². The molecule has 1 N–H and O–H groups in total. The quantitative estimate of drug-likeness (QED) is 0.904. The standard InChI is InChI=1S/C15H16BrN3O2/c16-10-1-2-13-11(7-10)14(18-21-13)15(20)17-12-8-19-5-3-9(12)4-6-19/h1-2,7,9,12H,3-6,8H2,(H,17,20)/t12-/m1/s1. The molecule has 110 valence electrons. The lowest BCUT2D eigenvalue weighted by Crippen LogP contribution is -2.57. The van der Waals surface area contributed by atoms with Crippen LogP contribution < -0.4 is 5.32 Å². The van der Waals surface area contributed by atoms with Crippen molar-refractivity contribution < 1.29 is 9.32 Å². The van der Waals surface area contributed by atoms with Gasteiger partial charge in [0.1, 0.15) is 0 Å². The third kappa shape index (κ3) is 2.36. The van der Waals surface area contributed by atoms with Crippen molar-refractivity contribution in [2.24, 2.45) is 5.92 Å². The number of nitrogens with one attached hydrogen (secondary N) is 1. The lowest BCUT2D eigenvalue weighted by Gasteiger charge is -2.44. The zero-order chi connectivity index (χ0) is 14.4. The van der Waals surface area contributed by atoms with Gasteiger partial charge < -0.3 is 14.7 Å². The van der Waals surface area contributed by atoms with Gasteiger partial charge in [0.2, 0.25) is 0 Å². The number of carbonyl (C=O) groups is 1. The van der Waals surface area contributed by atoms with Crippen molar-refractivity contribution in [2.75, 3.05) is 19.6 Å². The fraction of sp³-hybridized carbons (Fsp3) is 0.467. The predicted molar refractivity (Wildman–Crippen MR) is 82.1 cm³/mol. The zero-order valence-electron chi connectivity index (χ0n) is 11.5. The molecule has 5 nitrogen and oxygen atoms in total. The monoisotopic (exact) mass is 349 g/mol.